The van der Waals surface area contributed by atoms with Crippen LogP contribution in [0.15, 0.2) is 5.38 Å². The lowest BCUT2D eigenvalue weighted by atomic mass is 10.2. The van der Waals surface area contributed by atoms with Gasteiger partial charge in [0.05, 0.1) is 11.1 Å². The van der Waals surface area contributed by atoms with E-state index >= 15 is 0 Å². The lowest BCUT2D eigenvalue weighted by Gasteiger charge is -1.81. The number of nitrogens with zero attached hydrogens (tertiary/aromatic N) is 2. The van der Waals surface area contributed by atoms with Crippen molar-refractivity contribution < 1.29 is 0 Å². The van der Waals surface area contributed by atoms with Crippen molar-refractivity contribution in [1.82, 2.24) is 0 Å². The van der Waals surface area contributed by atoms with Gasteiger partial charge >= 0.3 is 0 Å². The van der Waals surface area contributed by atoms with Crippen molar-refractivity contribution in [3.8, 4) is 12.1 Å². The van der Waals surface area contributed by atoms with Crippen LogP contribution in [0.3, 0.4) is 0 Å². The van der Waals surface area contributed by atoms with Gasteiger partial charge in [-0.1, -0.05) is 0 Å². The zero-order valence-electron chi connectivity index (χ0n) is 5.38. The first-order valence-corrected chi connectivity index (χ1v) is 3.56. The zero-order valence-corrected chi connectivity index (χ0v) is 6.20. The summed E-state index contributed by atoms with van der Waals surface area (Å²) in [5.41, 5.74) is 1.01. The first-order valence-electron chi connectivity index (χ1n) is 2.68. The molecule has 0 bridgehead atoms. The summed E-state index contributed by atoms with van der Waals surface area (Å²) in [5, 5.41) is 18.7. The van der Waals surface area contributed by atoms with Crippen LogP contribution in [0.1, 0.15) is 16.0 Å². The van der Waals surface area contributed by atoms with Gasteiger partial charge in [-0.15, -0.1) is 11.3 Å². The van der Waals surface area contributed by atoms with E-state index in [0.29, 0.717) is 11.1 Å². The van der Waals surface area contributed by atoms with Gasteiger partial charge in [-0.2, -0.15) is 10.5 Å². The third kappa shape index (κ3) is 0.877. The van der Waals surface area contributed by atoms with Crippen LogP contribution in [0.5, 0.6) is 0 Å². The van der Waals surface area contributed by atoms with Crippen molar-refractivity contribution in [3.63, 3.8) is 0 Å². The second-order valence-corrected chi connectivity index (χ2v) is 2.89. The largest absolute Gasteiger partial charge is 0.192 e. The van der Waals surface area contributed by atoms with E-state index < -0.39 is 0 Å². The van der Waals surface area contributed by atoms with E-state index in [-0.39, 0.29) is 0 Å². The molecule has 0 amide bonds. The fourth-order valence-electron chi connectivity index (χ4n) is 0.676. The molecule has 0 unspecified atom stereocenters. The van der Waals surface area contributed by atoms with Crippen LogP contribution in [-0.2, 0) is 0 Å². The van der Waals surface area contributed by atoms with Gasteiger partial charge in [0.25, 0.3) is 0 Å². The Labute approximate surface area is 63.0 Å². The molecule has 1 aromatic rings. The average molecular weight is 148 g/mol. The van der Waals surface area contributed by atoms with E-state index in [4.69, 9.17) is 10.5 Å². The minimum Gasteiger partial charge on any atom is -0.192 e. The highest BCUT2D eigenvalue weighted by Crippen LogP contribution is 2.19. The topological polar surface area (TPSA) is 47.6 Å². The molecule has 0 aliphatic rings. The van der Waals surface area contributed by atoms with Crippen molar-refractivity contribution in [3.05, 3.63) is 21.4 Å². The maximum absolute atomic E-state index is 8.52. The Kier molecular flexibility index (Phi) is 1.71. The second kappa shape index (κ2) is 2.51. The Morgan fingerprint density at radius 2 is 2.10 bits per heavy atom. The molecule has 0 aromatic carbocycles. The van der Waals surface area contributed by atoms with Gasteiger partial charge in [0, 0.05) is 10.3 Å². The molecule has 1 heterocycles. The minimum atomic E-state index is 0.491. The molecule has 3 heteroatoms. The van der Waals surface area contributed by atoms with E-state index in [9.17, 15) is 0 Å². The van der Waals surface area contributed by atoms with Gasteiger partial charge < -0.3 is 0 Å². The van der Waals surface area contributed by atoms with Gasteiger partial charge in [0.2, 0.25) is 0 Å². The van der Waals surface area contributed by atoms with Crippen molar-refractivity contribution in [1.29, 1.82) is 10.5 Å². The highest BCUT2D eigenvalue weighted by molar-refractivity contribution is 7.10. The van der Waals surface area contributed by atoms with Crippen LogP contribution >= 0.6 is 11.3 Å². The minimum absolute atomic E-state index is 0.491. The van der Waals surface area contributed by atoms with Gasteiger partial charge in [0.15, 0.2) is 0 Å². The molecule has 0 saturated carbocycles. The van der Waals surface area contributed by atoms with Gasteiger partial charge in [0.1, 0.15) is 12.1 Å². The molecule has 0 N–H and O–H groups in total. The molecule has 0 radical (unpaired) electrons. The predicted molar refractivity (Wildman–Crippen MR) is 38.5 cm³/mol. The SMILES string of the molecule is Cc1scc(C#N)c1C#N. The number of aryl methyl sites for hydroxylation is 1. The molecule has 1 rings (SSSR count). The highest BCUT2D eigenvalue weighted by atomic mass is 32.1. The van der Waals surface area contributed by atoms with Crippen LogP contribution in [0.2, 0.25) is 0 Å². The third-order valence-electron chi connectivity index (χ3n) is 1.21. The third-order valence-corrected chi connectivity index (χ3v) is 2.12. The number of rotatable bonds is 0. The summed E-state index contributed by atoms with van der Waals surface area (Å²) in [6.07, 6.45) is 0. The van der Waals surface area contributed by atoms with Crippen LogP contribution < -0.4 is 0 Å². The van der Waals surface area contributed by atoms with Crippen LogP contribution in [0.25, 0.3) is 0 Å². The summed E-state index contributed by atoms with van der Waals surface area (Å²) in [6.45, 7) is 1.84. The Balaban J connectivity index is 3.34. The molecule has 48 valence electrons. The molecule has 2 nitrogen and oxygen atoms in total. The van der Waals surface area contributed by atoms with Gasteiger partial charge in [-0.25, -0.2) is 0 Å². The lowest BCUT2D eigenvalue weighted by molar-refractivity contribution is 1.43. The molecule has 0 fully saturated rings. The number of nitriles is 2. The molecule has 0 spiro atoms. The summed E-state index contributed by atoms with van der Waals surface area (Å²) >= 11 is 1.44. The van der Waals surface area contributed by atoms with E-state index in [2.05, 4.69) is 0 Å². The average Bonchev–Trinajstić information content (AvgIpc) is 2.30. The Hall–Kier alpha value is -1.32. The van der Waals surface area contributed by atoms with Gasteiger partial charge in [-0.3, -0.25) is 0 Å². The molecule has 0 saturated heterocycles. The molecule has 0 aliphatic heterocycles. The standard InChI is InChI=1S/C7H4N2S/c1-5-7(3-9)6(2-8)4-10-5/h4H,1H3. The van der Waals surface area contributed by atoms with Crippen LogP contribution in [0.4, 0.5) is 0 Å². The molecule has 1 aromatic heterocycles. The van der Waals surface area contributed by atoms with Crippen molar-refractivity contribution in [2.24, 2.45) is 0 Å². The summed E-state index contributed by atoms with van der Waals surface area (Å²) in [4.78, 5) is 0.916. The smallest absolute Gasteiger partial charge is 0.102 e. The normalized spacial score (nSPS) is 8.30. The fourth-order valence-corrected chi connectivity index (χ4v) is 1.41. The maximum atomic E-state index is 8.52. The molecule has 10 heavy (non-hydrogen) atoms. The summed E-state index contributed by atoms with van der Waals surface area (Å²) < 4.78 is 0. The quantitative estimate of drug-likeness (QED) is 0.563. The van der Waals surface area contributed by atoms with E-state index in [1.807, 2.05) is 19.1 Å². The summed E-state index contributed by atoms with van der Waals surface area (Å²) in [7, 11) is 0. The van der Waals surface area contributed by atoms with E-state index in [0.717, 1.165) is 4.88 Å². The first-order chi connectivity index (χ1) is 4.79. The van der Waals surface area contributed by atoms with E-state index in [1.54, 1.807) is 5.38 Å². The Morgan fingerprint density at radius 3 is 2.50 bits per heavy atom. The summed E-state index contributed by atoms with van der Waals surface area (Å²) in [5.74, 6) is 0. The maximum Gasteiger partial charge on any atom is 0.102 e. The fraction of sp³-hybridized carbons (Fsp3) is 0.143. The Morgan fingerprint density at radius 1 is 1.40 bits per heavy atom. The van der Waals surface area contributed by atoms with Crippen LogP contribution in [-0.4, -0.2) is 0 Å². The number of hydrogen-bond donors (Lipinski definition) is 0. The molecule has 0 aliphatic carbocycles. The van der Waals surface area contributed by atoms with Crippen molar-refractivity contribution >= 4 is 11.3 Å². The molecular weight excluding hydrogens is 144 g/mol. The zero-order chi connectivity index (χ0) is 7.56. The number of thiophene rings is 1. The van der Waals surface area contributed by atoms with Crippen molar-refractivity contribution in [2.75, 3.05) is 0 Å². The summed E-state index contributed by atoms with van der Waals surface area (Å²) in [6, 6.07) is 3.94. The Bertz CT molecular complexity index is 324. The van der Waals surface area contributed by atoms with Crippen LogP contribution in [0, 0.1) is 29.6 Å². The second-order valence-electron chi connectivity index (χ2n) is 1.80. The predicted octanol–water partition coefficient (Wildman–Crippen LogP) is 1.80. The van der Waals surface area contributed by atoms with E-state index in [1.165, 1.54) is 11.3 Å². The van der Waals surface area contributed by atoms with Crippen molar-refractivity contribution in [2.45, 2.75) is 6.92 Å². The van der Waals surface area contributed by atoms with Gasteiger partial charge in [-0.05, 0) is 6.92 Å². The lowest BCUT2D eigenvalue weighted by Crippen LogP contribution is -1.75. The first kappa shape index (κ1) is 6.80. The monoisotopic (exact) mass is 148 g/mol. The molecular formula is C7H4N2S. The number of hydrogen-bond acceptors (Lipinski definition) is 3. The highest BCUT2D eigenvalue weighted by Gasteiger charge is 2.05. The molecule has 0 atom stereocenters.